The quantitative estimate of drug-likeness (QED) is 0.904. The molecule has 2 N–H and O–H groups in total. The lowest BCUT2D eigenvalue weighted by molar-refractivity contribution is -0.137. The highest BCUT2D eigenvalue weighted by Gasteiger charge is 2.33. The number of para-hydroxylation sites is 1. The molecule has 0 bridgehead atoms. The Kier molecular flexibility index (Phi) is 4.86. The van der Waals surface area contributed by atoms with Crippen molar-refractivity contribution in [2.45, 2.75) is 6.18 Å². The Bertz CT molecular complexity index is 751. The van der Waals surface area contributed by atoms with Gasteiger partial charge in [0.05, 0.1) is 29.4 Å². The van der Waals surface area contributed by atoms with Gasteiger partial charge in [-0.3, -0.25) is 4.79 Å². The Labute approximate surface area is 130 Å². The predicted molar refractivity (Wildman–Crippen MR) is 79.7 cm³/mol. The van der Waals surface area contributed by atoms with E-state index >= 15 is 0 Å². The molecule has 4 nitrogen and oxygen atoms in total. The molecule has 2 aromatic rings. The molecule has 0 saturated carbocycles. The number of nitriles is 1. The fourth-order valence-electron chi connectivity index (χ4n) is 1.91. The van der Waals surface area contributed by atoms with Crippen LogP contribution in [-0.4, -0.2) is 12.5 Å². The molecule has 0 radical (unpaired) electrons. The van der Waals surface area contributed by atoms with E-state index in [1.165, 1.54) is 24.3 Å². The Morgan fingerprint density at radius 1 is 1.13 bits per heavy atom. The summed E-state index contributed by atoms with van der Waals surface area (Å²) in [5, 5.41) is 13.8. The summed E-state index contributed by atoms with van der Waals surface area (Å²) in [4.78, 5) is 11.8. The van der Waals surface area contributed by atoms with Crippen molar-refractivity contribution in [3.05, 3.63) is 59.7 Å². The van der Waals surface area contributed by atoms with Crippen LogP contribution in [0.15, 0.2) is 48.5 Å². The number of carbonyl (C=O) groups excluding carboxylic acids is 1. The molecule has 0 atom stereocenters. The first-order valence-corrected chi connectivity index (χ1v) is 6.60. The summed E-state index contributed by atoms with van der Waals surface area (Å²) in [6.45, 7) is -0.221. The molecule has 0 aliphatic heterocycles. The Morgan fingerprint density at radius 2 is 1.87 bits per heavy atom. The van der Waals surface area contributed by atoms with Gasteiger partial charge in [0.1, 0.15) is 0 Å². The number of hydrogen-bond acceptors (Lipinski definition) is 3. The second-order valence-corrected chi connectivity index (χ2v) is 4.64. The molecule has 0 aliphatic carbocycles. The van der Waals surface area contributed by atoms with Crippen molar-refractivity contribution < 1.29 is 18.0 Å². The van der Waals surface area contributed by atoms with Crippen LogP contribution < -0.4 is 10.6 Å². The maximum absolute atomic E-state index is 12.8. The zero-order chi connectivity index (χ0) is 16.9. The average Bonchev–Trinajstić information content (AvgIpc) is 2.52. The number of nitrogens with zero attached hydrogens (tertiary/aromatic N) is 1. The first-order valence-electron chi connectivity index (χ1n) is 6.60. The number of halogens is 3. The van der Waals surface area contributed by atoms with Crippen LogP contribution in [0.3, 0.4) is 0 Å². The highest BCUT2D eigenvalue weighted by atomic mass is 19.4. The molecule has 118 valence electrons. The highest BCUT2D eigenvalue weighted by Crippen LogP contribution is 2.34. The van der Waals surface area contributed by atoms with Gasteiger partial charge in [-0.1, -0.05) is 18.2 Å². The Hall–Kier alpha value is -3.01. The van der Waals surface area contributed by atoms with Crippen LogP contribution in [0.25, 0.3) is 0 Å². The molecule has 0 fully saturated rings. The van der Waals surface area contributed by atoms with E-state index in [1.54, 1.807) is 18.2 Å². The molecule has 0 aliphatic rings. The van der Waals surface area contributed by atoms with Gasteiger partial charge < -0.3 is 10.6 Å². The lowest BCUT2D eigenvalue weighted by atomic mass is 10.1. The van der Waals surface area contributed by atoms with Crippen LogP contribution in [-0.2, 0) is 11.0 Å². The third-order valence-corrected chi connectivity index (χ3v) is 2.95. The minimum Gasteiger partial charge on any atom is -0.376 e. The number of hydrogen-bond donors (Lipinski definition) is 2. The van der Waals surface area contributed by atoms with Gasteiger partial charge in [-0.05, 0) is 30.3 Å². The zero-order valence-electron chi connectivity index (χ0n) is 11.8. The lowest BCUT2D eigenvalue weighted by Crippen LogP contribution is -2.23. The summed E-state index contributed by atoms with van der Waals surface area (Å²) < 4.78 is 38.5. The summed E-state index contributed by atoms with van der Waals surface area (Å²) in [5.41, 5.74) is -0.251. The van der Waals surface area contributed by atoms with Gasteiger partial charge in [-0.15, -0.1) is 0 Å². The zero-order valence-corrected chi connectivity index (χ0v) is 11.8. The van der Waals surface area contributed by atoms with Crippen molar-refractivity contribution in [3.63, 3.8) is 0 Å². The van der Waals surface area contributed by atoms with Crippen molar-refractivity contribution >= 4 is 17.3 Å². The van der Waals surface area contributed by atoms with Crippen LogP contribution in [0.5, 0.6) is 0 Å². The molecule has 0 unspecified atom stereocenters. The van der Waals surface area contributed by atoms with E-state index in [2.05, 4.69) is 10.6 Å². The smallest absolute Gasteiger partial charge is 0.376 e. The SMILES string of the molecule is N#Cc1cccc(NCC(=O)Nc2ccccc2C(F)(F)F)c1. The standard InChI is InChI=1S/C16H12F3N3O/c17-16(18,19)13-6-1-2-7-14(13)22-15(23)10-21-12-5-3-4-11(8-12)9-20/h1-8,21H,10H2,(H,22,23). The van der Waals surface area contributed by atoms with Gasteiger partial charge >= 0.3 is 6.18 Å². The summed E-state index contributed by atoms with van der Waals surface area (Å²) in [6, 6.07) is 13.1. The third-order valence-electron chi connectivity index (χ3n) is 2.95. The van der Waals surface area contributed by atoms with Gasteiger partial charge in [0.2, 0.25) is 5.91 Å². The fourth-order valence-corrected chi connectivity index (χ4v) is 1.91. The molecule has 2 rings (SSSR count). The van der Waals surface area contributed by atoms with Crippen molar-refractivity contribution in [2.75, 3.05) is 17.2 Å². The number of anilines is 2. The lowest BCUT2D eigenvalue weighted by Gasteiger charge is -2.14. The molecule has 1 amide bonds. The first kappa shape index (κ1) is 16.4. The number of carbonyl (C=O) groups is 1. The monoisotopic (exact) mass is 319 g/mol. The van der Waals surface area contributed by atoms with E-state index in [1.807, 2.05) is 6.07 Å². The van der Waals surface area contributed by atoms with Gasteiger partial charge in [0.25, 0.3) is 0 Å². The summed E-state index contributed by atoms with van der Waals surface area (Å²) in [7, 11) is 0. The Morgan fingerprint density at radius 3 is 2.57 bits per heavy atom. The second-order valence-electron chi connectivity index (χ2n) is 4.64. The van der Waals surface area contributed by atoms with E-state index < -0.39 is 17.6 Å². The fraction of sp³-hybridized carbons (Fsp3) is 0.125. The van der Waals surface area contributed by atoms with Crippen LogP contribution in [0.1, 0.15) is 11.1 Å². The first-order chi connectivity index (χ1) is 10.9. The molecule has 0 saturated heterocycles. The Balaban J connectivity index is 2.02. The van der Waals surface area contributed by atoms with Gasteiger partial charge in [-0.25, -0.2) is 0 Å². The maximum atomic E-state index is 12.8. The topological polar surface area (TPSA) is 64.9 Å². The summed E-state index contributed by atoms with van der Waals surface area (Å²) in [5.74, 6) is -0.621. The van der Waals surface area contributed by atoms with E-state index in [4.69, 9.17) is 5.26 Å². The molecular weight excluding hydrogens is 307 g/mol. The number of amides is 1. The van der Waals surface area contributed by atoms with Crippen molar-refractivity contribution in [1.82, 2.24) is 0 Å². The minimum atomic E-state index is -4.54. The van der Waals surface area contributed by atoms with E-state index in [9.17, 15) is 18.0 Å². The van der Waals surface area contributed by atoms with Crippen molar-refractivity contribution in [3.8, 4) is 6.07 Å². The highest BCUT2D eigenvalue weighted by molar-refractivity contribution is 5.94. The third kappa shape index (κ3) is 4.48. The van der Waals surface area contributed by atoms with Crippen LogP contribution in [0.2, 0.25) is 0 Å². The van der Waals surface area contributed by atoms with Crippen molar-refractivity contribution in [1.29, 1.82) is 5.26 Å². The number of rotatable bonds is 4. The predicted octanol–water partition coefficient (Wildman–Crippen LogP) is 3.63. The minimum absolute atomic E-state index is 0.221. The van der Waals surface area contributed by atoms with Crippen molar-refractivity contribution in [2.24, 2.45) is 0 Å². The van der Waals surface area contributed by atoms with Gasteiger partial charge in [-0.2, -0.15) is 18.4 Å². The summed E-state index contributed by atoms with van der Waals surface area (Å²) in [6.07, 6.45) is -4.54. The molecular formula is C16H12F3N3O. The molecule has 23 heavy (non-hydrogen) atoms. The molecule has 0 aromatic heterocycles. The average molecular weight is 319 g/mol. The normalized spacial score (nSPS) is 10.7. The number of nitrogens with one attached hydrogen (secondary N) is 2. The summed E-state index contributed by atoms with van der Waals surface area (Å²) >= 11 is 0. The van der Waals surface area contributed by atoms with E-state index in [0.717, 1.165) is 6.07 Å². The van der Waals surface area contributed by atoms with Crippen LogP contribution in [0.4, 0.5) is 24.5 Å². The van der Waals surface area contributed by atoms with Crippen LogP contribution in [0, 0.1) is 11.3 Å². The van der Waals surface area contributed by atoms with Gasteiger partial charge in [0, 0.05) is 5.69 Å². The molecule has 0 spiro atoms. The molecule has 0 heterocycles. The van der Waals surface area contributed by atoms with E-state index in [-0.39, 0.29) is 12.2 Å². The van der Waals surface area contributed by atoms with E-state index in [0.29, 0.717) is 11.3 Å². The van der Waals surface area contributed by atoms with Crippen LogP contribution >= 0.6 is 0 Å². The second kappa shape index (κ2) is 6.83. The van der Waals surface area contributed by atoms with Gasteiger partial charge in [0.15, 0.2) is 0 Å². The largest absolute Gasteiger partial charge is 0.418 e. The molecule has 7 heteroatoms. The maximum Gasteiger partial charge on any atom is 0.418 e. The number of benzene rings is 2. The number of alkyl halides is 3. The molecule has 2 aromatic carbocycles.